The Balaban J connectivity index is 1.37. The number of carbonyl (C=O) groups is 1. The molecule has 2 aromatic heterocycles. The fourth-order valence-electron chi connectivity index (χ4n) is 2.94. The lowest BCUT2D eigenvalue weighted by Crippen LogP contribution is -2.60. The van der Waals surface area contributed by atoms with Gasteiger partial charge < -0.3 is 14.8 Å². The summed E-state index contributed by atoms with van der Waals surface area (Å²) in [4.78, 5) is 30.1. The zero-order valence-electron chi connectivity index (χ0n) is 13.5. The van der Waals surface area contributed by atoms with Gasteiger partial charge in [0.2, 0.25) is 5.56 Å². The normalized spacial score (nSPS) is 17.5. The van der Waals surface area contributed by atoms with Crippen LogP contribution in [0.3, 0.4) is 0 Å². The van der Waals surface area contributed by atoms with Crippen molar-refractivity contribution in [3.05, 3.63) is 52.1 Å². The highest BCUT2D eigenvalue weighted by molar-refractivity contribution is 5.94. The number of likely N-dealkylation sites (N-methyl/N-ethyl adjacent to an activating group) is 1. The Bertz CT molecular complexity index is 806. The third kappa shape index (κ3) is 2.77. The average molecular weight is 325 g/mol. The van der Waals surface area contributed by atoms with Crippen molar-refractivity contribution in [3.63, 3.8) is 0 Å². The number of nitrogens with one attached hydrogen (secondary N) is 1. The molecule has 1 N–H and O–H groups in total. The summed E-state index contributed by atoms with van der Waals surface area (Å²) >= 11 is 0. The van der Waals surface area contributed by atoms with Crippen molar-refractivity contribution < 1.29 is 4.79 Å². The molecule has 2 fully saturated rings. The molecule has 0 atom stereocenters. The van der Waals surface area contributed by atoms with Crippen LogP contribution < -0.4 is 10.5 Å². The quantitative estimate of drug-likeness (QED) is 0.907. The summed E-state index contributed by atoms with van der Waals surface area (Å²) < 4.78 is 0. The minimum absolute atomic E-state index is 0.113. The minimum Gasteiger partial charge on any atom is -0.351 e. The van der Waals surface area contributed by atoms with Crippen molar-refractivity contribution in [2.24, 2.45) is 0 Å². The van der Waals surface area contributed by atoms with E-state index in [1.165, 1.54) is 25.1 Å². The minimum atomic E-state index is -0.268. The van der Waals surface area contributed by atoms with Gasteiger partial charge in [0.05, 0.1) is 11.7 Å². The number of aromatic amines is 1. The molecule has 1 saturated carbocycles. The van der Waals surface area contributed by atoms with Gasteiger partial charge in [0.25, 0.3) is 5.91 Å². The molecule has 124 valence electrons. The van der Waals surface area contributed by atoms with E-state index in [9.17, 15) is 9.59 Å². The van der Waals surface area contributed by atoms with Crippen LogP contribution in [0.15, 0.2) is 35.3 Å². The molecule has 7 heteroatoms. The van der Waals surface area contributed by atoms with Crippen LogP contribution in [0.4, 0.5) is 5.82 Å². The number of aromatic nitrogens is 3. The zero-order chi connectivity index (χ0) is 16.7. The molecule has 0 aromatic carbocycles. The van der Waals surface area contributed by atoms with Crippen molar-refractivity contribution in [2.45, 2.75) is 24.8 Å². The first-order valence-corrected chi connectivity index (χ1v) is 8.16. The molecule has 1 aliphatic heterocycles. The maximum Gasteiger partial charge on any atom is 0.254 e. The Morgan fingerprint density at radius 3 is 2.67 bits per heavy atom. The van der Waals surface area contributed by atoms with E-state index in [2.05, 4.69) is 26.1 Å². The molecule has 2 aromatic rings. The molecule has 1 saturated heterocycles. The number of pyridine rings is 1. The molecule has 0 spiro atoms. The largest absolute Gasteiger partial charge is 0.351 e. The van der Waals surface area contributed by atoms with Gasteiger partial charge in [-0.05, 0) is 31.0 Å². The number of hydrogen-bond acceptors (Lipinski definition) is 5. The Morgan fingerprint density at radius 2 is 2.04 bits per heavy atom. The molecular formula is C17H19N5O2. The molecule has 0 bridgehead atoms. The van der Waals surface area contributed by atoms with Crippen LogP contribution in [0.1, 0.15) is 34.8 Å². The van der Waals surface area contributed by atoms with Gasteiger partial charge in [0.15, 0.2) is 5.82 Å². The summed E-state index contributed by atoms with van der Waals surface area (Å²) in [6, 6.07) is 7.13. The van der Waals surface area contributed by atoms with E-state index < -0.39 is 0 Å². The molecule has 4 rings (SSSR count). The first kappa shape index (κ1) is 14.9. The first-order chi connectivity index (χ1) is 11.6. The summed E-state index contributed by atoms with van der Waals surface area (Å²) in [5.74, 6) is 1.32. The predicted molar refractivity (Wildman–Crippen MR) is 89.2 cm³/mol. The highest BCUT2D eigenvalue weighted by atomic mass is 16.2. The second kappa shape index (κ2) is 5.74. The van der Waals surface area contributed by atoms with E-state index in [-0.39, 0.29) is 17.5 Å². The Hall–Kier alpha value is -2.70. The maximum atomic E-state index is 12.4. The molecular weight excluding hydrogens is 306 g/mol. The van der Waals surface area contributed by atoms with Gasteiger partial charge in [-0.25, -0.2) is 0 Å². The highest BCUT2D eigenvalue weighted by Crippen LogP contribution is 2.38. The lowest BCUT2D eigenvalue weighted by Gasteiger charge is -2.44. The molecule has 24 heavy (non-hydrogen) atoms. The number of anilines is 1. The van der Waals surface area contributed by atoms with E-state index in [0.717, 1.165) is 24.6 Å². The monoisotopic (exact) mass is 325 g/mol. The van der Waals surface area contributed by atoms with Crippen molar-refractivity contribution in [3.8, 4) is 0 Å². The van der Waals surface area contributed by atoms with Crippen LogP contribution in [0.25, 0.3) is 0 Å². The topological polar surface area (TPSA) is 82.2 Å². The lowest BCUT2D eigenvalue weighted by molar-refractivity contribution is 0.0704. The smallest absolute Gasteiger partial charge is 0.254 e. The lowest BCUT2D eigenvalue weighted by atomic mass is 10.1. The van der Waals surface area contributed by atoms with Gasteiger partial charge in [-0.3, -0.25) is 9.59 Å². The Labute approximate surface area is 139 Å². The zero-order valence-corrected chi connectivity index (χ0v) is 13.5. The van der Waals surface area contributed by atoms with Crippen LogP contribution in [0.2, 0.25) is 0 Å². The standard InChI is InChI=1S/C17H19N5O2/c1-21(17(24)12-6-7-18-16(23)8-12)13-9-22(10-13)15-5-4-14(19-20-15)11-2-3-11/h4-8,11,13H,2-3,9-10H2,1H3,(H,18,23). The van der Waals surface area contributed by atoms with E-state index in [1.54, 1.807) is 18.0 Å². The third-order valence-electron chi connectivity index (χ3n) is 4.74. The van der Waals surface area contributed by atoms with Crippen molar-refractivity contribution in [2.75, 3.05) is 25.0 Å². The molecule has 3 heterocycles. The second-order valence-electron chi connectivity index (χ2n) is 6.51. The summed E-state index contributed by atoms with van der Waals surface area (Å²) in [5.41, 5.74) is 1.22. The van der Waals surface area contributed by atoms with Gasteiger partial charge in [0, 0.05) is 43.9 Å². The fourth-order valence-corrected chi connectivity index (χ4v) is 2.94. The van der Waals surface area contributed by atoms with E-state index in [0.29, 0.717) is 11.5 Å². The van der Waals surface area contributed by atoms with E-state index in [4.69, 9.17) is 0 Å². The van der Waals surface area contributed by atoms with Crippen LogP contribution in [0.5, 0.6) is 0 Å². The SMILES string of the molecule is CN(C(=O)c1cc[nH]c(=O)c1)C1CN(c2ccc(C3CC3)nn2)C1. The van der Waals surface area contributed by atoms with Gasteiger partial charge in [-0.1, -0.05) is 0 Å². The predicted octanol–water partition coefficient (Wildman–Crippen LogP) is 1.00. The van der Waals surface area contributed by atoms with E-state index >= 15 is 0 Å². The number of amides is 1. The van der Waals surface area contributed by atoms with Gasteiger partial charge in [-0.2, -0.15) is 5.10 Å². The van der Waals surface area contributed by atoms with Gasteiger partial charge in [0.1, 0.15) is 0 Å². The summed E-state index contributed by atoms with van der Waals surface area (Å²) in [7, 11) is 1.77. The number of nitrogens with zero attached hydrogens (tertiary/aromatic N) is 4. The van der Waals surface area contributed by atoms with E-state index in [1.807, 2.05) is 6.07 Å². The van der Waals surface area contributed by atoms with Crippen LogP contribution in [0, 0.1) is 0 Å². The highest BCUT2D eigenvalue weighted by Gasteiger charge is 2.34. The van der Waals surface area contributed by atoms with Crippen LogP contribution in [-0.2, 0) is 0 Å². The number of carbonyl (C=O) groups excluding carboxylic acids is 1. The molecule has 1 aliphatic carbocycles. The van der Waals surface area contributed by atoms with Crippen LogP contribution in [-0.4, -0.2) is 52.2 Å². The van der Waals surface area contributed by atoms with Crippen LogP contribution >= 0.6 is 0 Å². The summed E-state index contributed by atoms with van der Waals surface area (Å²) in [6.45, 7) is 1.45. The van der Waals surface area contributed by atoms with Crippen molar-refractivity contribution >= 4 is 11.7 Å². The van der Waals surface area contributed by atoms with Gasteiger partial charge in [-0.15, -0.1) is 5.10 Å². The van der Waals surface area contributed by atoms with Crippen molar-refractivity contribution in [1.82, 2.24) is 20.1 Å². The third-order valence-corrected chi connectivity index (χ3v) is 4.74. The molecule has 0 unspecified atom stereocenters. The Morgan fingerprint density at radius 1 is 1.25 bits per heavy atom. The molecule has 7 nitrogen and oxygen atoms in total. The number of rotatable bonds is 4. The molecule has 2 aliphatic rings. The van der Waals surface area contributed by atoms with Gasteiger partial charge >= 0.3 is 0 Å². The second-order valence-corrected chi connectivity index (χ2v) is 6.51. The Kier molecular flexibility index (Phi) is 3.55. The molecule has 1 amide bonds. The van der Waals surface area contributed by atoms with Crippen molar-refractivity contribution in [1.29, 1.82) is 0 Å². The average Bonchev–Trinajstić information content (AvgIpc) is 3.38. The summed E-state index contributed by atoms with van der Waals surface area (Å²) in [5, 5.41) is 8.59. The molecule has 0 radical (unpaired) electrons. The summed E-state index contributed by atoms with van der Waals surface area (Å²) in [6.07, 6.45) is 3.93. The number of H-pyrrole nitrogens is 1. The maximum absolute atomic E-state index is 12.4. The number of hydrogen-bond donors (Lipinski definition) is 1. The first-order valence-electron chi connectivity index (χ1n) is 8.16. The fraction of sp³-hybridized carbons (Fsp3) is 0.412.